The number of likely N-dealkylation sites (tertiary alicyclic amines) is 1. The van der Waals surface area contributed by atoms with Crippen molar-refractivity contribution in [2.24, 2.45) is 0 Å². The average molecular weight is 249 g/mol. The Morgan fingerprint density at radius 2 is 2.12 bits per heavy atom. The van der Waals surface area contributed by atoms with Gasteiger partial charge in [-0.1, -0.05) is 0 Å². The van der Waals surface area contributed by atoms with Gasteiger partial charge in [0.1, 0.15) is 5.56 Å². The summed E-state index contributed by atoms with van der Waals surface area (Å²) in [6, 6.07) is 0. The second-order valence-corrected chi connectivity index (χ2v) is 4.90. The lowest BCUT2D eigenvalue weighted by molar-refractivity contribution is 0.0790. The lowest BCUT2D eigenvalue weighted by atomic mass is 10.3. The van der Waals surface area contributed by atoms with E-state index >= 15 is 0 Å². The third kappa shape index (κ3) is 1.64. The molecule has 6 heteroatoms. The van der Waals surface area contributed by atoms with E-state index in [-0.39, 0.29) is 17.0 Å². The minimum absolute atomic E-state index is 0.169. The summed E-state index contributed by atoms with van der Waals surface area (Å²) < 4.78 is 1.42. The van der Waals surface area contributed by atoms with Gasteiger partial charge in [-0.15, -0.1) is 11.3 Å². The molecule has 1 saturated heterocycles. The first kappa shape index (κ1) is 10.5. The molecule has 0 bridgehead atoms. The van der Waals surface area contributed by atoms with Gasteiger partial charge in [0.05, 0.1) is 0 Å². The lowest BCUT2D eigenvalue weighted by Gasteiger charge is -2.14. The Balaban J connectivity index is 2.07. The predicted octanol–water partition coefficient (Wildman–Crippen LogP) is 0.992. The highest BCUT2D eigenvalue weighted by Crippen LogP contribution is 2.11. The van der Waals surface area contributed by atoms with E-state index in [0.717, 1.165) is 25.9 Å². The Kier molecular flexibility index (Phi) is 2.44. The molecule has 0 aromatic carbocycles. The summed E-state index contributed by atoms with van der Waals surface area (Å²) in [4.78, 5) is 30.6. The molecule has 1 fully saturated rings. The quantitative estimate of drug-likeness (QED) is 0.757. The summed E-state index contributed by atoms with van der Waals surface area (Å²) in [7, 11) is 0. The van der Waals surface area contributed by atoms with Crippen LogP contribution in [0, 0.1) is 0 Å². The summed E-state index contributed by atoms with van der Waals surface area (Å²) in [5.74, 6) is -0.194. The van der Waals surface area contributed by atoms with Gasteiger partial charge < -0.3 is 4.90 Å². The van der Waals surface area contributed by atoms with E-state index in [4.69, 9.17) is 0 Å². The number of carbonyl (C=O) groups is 1. The van der Waals surface area contributed by atoms with E-state index < -0.39 is 0 Å². The lowest BCUT2D eigenvalue weighted by Crippen LogP contribution is -2.33. The van der Waals surface area contributed by atoms with Crippen molar-refractivity contribution in [3.63, 3.8) is 0 Å². The van der Waals surface area contributed by atoms with Crippen molar-refractivity contribution in [2.75, 3.05) is 13.1 Å². The molecule has 2 aromatic rings. The summed E-state index contributed by atoms with van der Waals surface area (Å²) in [6.45, 7) is 1.48. The fourth-order valence-electron chi connectivity index (χ4n) is 2.06. The zero-order valence-corrected chi connectivity index (χ0v) is 9.94. The minimum Gasteiger partial charge on any atom is -0.338 e. The maximum atomic E-state index is 12.1. The molecule has 0 spiro atoms. The van der Waals surface area contributed by atoms with Crippen LogP contribution in [0.1, 0.15) is 23.2 Å². The largest absolute Gasteiger partial charge is 0.338 e. The Morgan fingerprint density at radius 3 is 2.88 bits per heavy atom. The molecule has 0 saturated carbocycles. The molecule has 0 radical (unpaired) electrons. The smallest absolute Gasteiger partial charge is 0.271 e. The average Bonchev–Trinajstić information content (AvgIpc) is 3.00. The third-order valence-electron chi connectivity index (χ3n) is 2.97. The summed E-state index contributed by atoms with van der Waals surface area (Å²) in [6.07, 6.45) is 5.08. The van der Waals surface area contributed by atoms with Crippen LogP contribution in [0.5, 0.6) is 0 Å². The van der Waals surface area contributed by atoms with Crippen molar-refractivity contribution >= 4 is 22.2 Å². The molecular formula is C11H11N3O2S. The van der Waals surface area contributed by atoms with Gasteiger partial charge in [0, 0.05) is 30.9 Å². The summed E-state index contributed by atoms with van der Waals surface area (Å²) in [5, 5.41) is 1.79. The standard InChI is InChI=1S/C11H11N3O2S/c15-9(13-3-1-2-4-13)8-7-12-11-14(10(8)16)5-6-17-11/h5-7H,1-4H2. The highest BCUT2D eigenvalue weighted by atomic mass is 32.1. The molecule has 3 rings (SSSR count). The van der Waals surface area contributed by atoms with Gasteiger partial charge in [0.2, 0.25) is 0 Å². The maximum Gasteiger partial charge on any atom is 0.271 e. The Labute approximate surface area is 101 Å². The van der Waals surface area contributed by atoms with Crippen LogP contribution in [0.4, 0.5) is 0 Å². The third-order valence-corrected chi connectivity index (χ3v) is 3.74. The van der Waals surface area contributed by atoms with Crippen molar-refractivity contribution in [1.82, 2.24) is 14.3 Å². The van der Waals surface area contributed by atoms with E-state index in [1.165, 1.54) is 21.9 Å². The van der Waals surface area contributed by atoms with Crippen LogP contribution in [0.3, 0.4) is 0 Å². The van der Waals surface area contributed by atoms with Crippen LogP contribution in [-0.4, -0.2) is 33.3 Å². The van der Waals surface area contributed by atoms with Crippen molar-refractivity contribution < 1.29 is 4.79 Å². The second-order valence-electron chi connectivity index (χ2n) is 4.03. The number of aromatic nitrogens is 2. The molecular weight excluding hydrogens is 238 g/mol. The molecule has 1 amide bonds. The minimum atomic E-state index is -0.270. The molecule has 1 aliphatic rings. The Hall–Kier alpha value is -1.69. The van der Waals surface area contributed by atoms with Gasteiger partial charge in [-0.05, 0) is 12.8 Å². The number of amides is 1. The van der Waals surface area contributed by atoms with Crippen LogP contribution >= 0.6 is 11.3 Å². The molecule has 0 N–H and O–H groups in total. The van der Waals surface area contributed by atoms with Crippen molar-refractivity contribution in [3.8, 4) is 0 Å². The zero-order valence-electron chi connectivity index (χ0n) is 9.13. The molecule has 17 heavy (non-hydrogen) atoms. The number of hydrogen-bond donors (Lipinski definition) is 0. The fraction of sp³-hybridized carbons (Fsp3) is 0.364. The number of fused-ring (bicyclic) bond motifs is 1. The first-order chi connectivity index (χ1) is 8.27. The van der Waals surface area contributed by atoms with Gasteiger partial charge in [-0.2, -0.15) is 0 Å². The topological polar surface area (TPSA) is 54.7 Å². The van der Waals surface area contributed by atoms with Gasteiger partial charge in [0.15, 0.2) is 4.96 Å². The maximum absolute atomic E-state index is 12.1. The Bertz CT molecular complexity index is 625. The number of carbonyl (C=O) groups excluding carboxylic acids is 1. The monoisotopic (exact) mass is 249 g/mol. The van der Waals surface area contributed by atoms with E-state index in [2.05, 4.69) is 4.98 Å². The Morgan fingerprint density at radius 1 is 1.35 bits per heavy atom. The molecule has 2 aromatic heterocycles. The van der Waals surface area contributed by atoms with Crippen LogP contribution in [-0.2, 0) is 0 Å². The van der Waals surface area contributed by atoms with Crippen molar-refractivity contribution in [2.45, 2.75) is 12.8 Å². The zero-order chi connectivity index (χ0) is 11.8. The first-order valence-electron chi connectivity index (χ1n) is 5.51. The fourth-order valence-corrected chi connectivity index (χ4v) is 2.74. The molecule has 0 aliphatic carbocycles. The van der Waals surface area contributed by atoms with E-state index in [9.17, 15) is 9.59 Å². The van der Waals surface area contributed by atoms with Crippen molar-refractivity contribution in [1.29, 1.82) is 0 Å². The van der Waals surface area contributed by atoms with Crippen LogP contribution < -0.4 is 5.56 Å². The highest BCUT2D eigenvalue weighted by molar-refractivity contribution is 7.15. The van der Waals surface area contributed by atoms with Gasteiger partial charge in [0.25, 0.3) is 11.5 Å². The van der Waals surface area contributed by atoms with Gasteiger partial charge in [-0.3, -0.25) is 14.0 Å². The molecule has 88 valence electrons. The number of nitrogens with zero attached hydrogens (tertiary/aromatic N) is 3. The number of hydrogen-bond acceptors (Lipinski definition) is 4. The van der Waals surface area contributed by atoms with Gasteiger partial charge >= 0.3 is 0 Å². The van der Waals surface area contributed by atoms with Gasteiger partial charge in [-0.25, -0.2) is 4.98 Å². The second kappa shape index (κ2) is 3.96. The highest BCUT2D eigenvalue weighted by Gasteiger charge is 2.22. The molecule has 5 nitrogen and oxygen atoms in total. The molecule has 1 aliphatic heterocycles. The predicted molar refractivity (Wildman–Crippen MR) is 64.5 cm³/mol. The van der Waals surface area contributed by atoms with Crippen molar-refractivity contribution in [3.05, 3.63) is 33.7 Å². The van der Waals surface area contributed by atoms with E-state index in [1.807, 2.05) is 0 Å². The summed E-state index contributed by atoms with van der Waals surface area (Å²) in [5.41, 5.74) is -0.101. The number of rotatable bonds is 1. The normalized spacial score (nSPS) is 15.6. The molecule has 0 unspecified atom stereocenters. The molecule has 3 heterocycles. The van der Waals surface area contributed by atoms with Crippen LogP contribution in [0.2, 0.25) is 0 Å². The van der Waals surface area contributed by atoms with E-state index in [1.54, 1.807) is 16.5 Å². The SMILES string of the molecule is O=C(c1cnc2sccn2c1=O)N1CCCC1. The molecule has 0 atom stereocenters. The summed E-state index contributed by atoms with van der Waals surface area (Å²) >= 11 is 1.38. The van der Waals surface area contributed by atoms with Crippen LogP contribution in [0.25, 0.3) is 4.96 Å². The first-order valence-corrected chi connectivity index (χ1v) is 6.39. The van der Waals surface area contributed by atoms with E-state index in [0.29, 0.717) is 4.96 Å². The van der Waals surface area contributed by atoms with Crippen LogP contribution in [0.15, 0.2) is 22.6 Å². The number of thiazole rings is 1.